The third-order valence-corrected chi connectivity index (χ3v) is 4.37. The second-order valence-electron chi connectivity index (χ2n) is 5.98. The zero-order valence-corrected chi connectivity index (χ0v) is 12.7. The van der Waals surface area contributed by atoms with Gasteiger partial charge < -0.3 is 5.73 Å². The third-order valence-electron chi connectivity index (χ3n) is 4.37. The molecule has 1 unspecified atom stereocenters. The van der Waals surface area contributed by atoms with Crippen LogP contribution in [-0.2, 0) is 0 Å². The summed E-state index contributed by atoms with van der Waals surface area (Å²) in [7, 11) is 0. The standard InChI is InChI=1S/C17H28N2/c1-4-10-19(12-15-8-9-15)17(11-18)16-7-5-6-13(2)14(16)3/h5-7,15,17H,4,8-12,18H2,1-3H3. The van der Waals surface area contributed by atoms with Crippen LogP contribution in [0.4, 0.5) is 0 Å². The van der Waals surface area contributed by atoms with Gasteiger partial charge in [0.1, 0.15) is 0 Å². The fraction of sp³-hybridized carbons (Fsp3) is 0.647. The Bertz CT molecular complexity index is 410. The van der Waals surface area contributed by atoms with Gasteiger partial charge in [-0.05, 0) is 62.3 Å². The van der Waals surface area contributed by atoms with Gasteiger partial charge in [-0.3, -0.25) is 4.90 Å². The summed E-state index contributed by atoms with van der Waals surface area (Å²) in [5, 5.41) is 0. The largest absolute Gasteiger partial charge is 0.329 e. The quantitative estimate of drug-likeness (QED) is 0.814. The molecular weight excluding hydrogens is 232 g/mol. The predicted octanol–water partition coefficient (Wildman–Crippen LogP) is 3.43. The van der Waals surface area contributed by atoms with E-state index in [0.717, 1.165) is 19.0 Å². The molecule has 1 aliphatic carbocycles. The van der Waals surface area contributed by atoms with Crippen LogP contribution >= 0.6 is 0 Å². The number of nitrogens with two attached hydrogens (primary N) is 1. The van der Waals surface area contributed by atoms with Crippen LogP contribution in [-0.4, -0.2) is 24.5 Å². The number of rotatable bonds is 7. The zero-order valence-electron chi connectivity index (χ0n) is 12.7. The summed E-state index contributed by atoms with van der Waals surface area (Å²) in [5.74, 6) is 0.922. The Balaban J connectivity index is 2.21. The molecular formula is C17H28N2. The first-order valence-electron chi connectivity index (χ1n) is 7.67. The number of hydrogen-bond acceptors (Lipinski definition) is 2. The summed E-state index contributed by atoms with van der Waals surface area (Å²) in [5.41, 5.74) is 10.3. The molecule has 1 atom stereocenters. The van der Waals surface area contributed by atoms with Crippen LogP contribution in [0.5, 0.6) is 0 Å². The summed E-state index contributed by atoms with van der Waals surface area (Å²) >= 11 is 0. The molecule has 2 heteroatoms. The van der Waals surface area contributed by atoms with E-state index in [9.17, 15) is 0 Å². The van der Waals surface area contributed by atoms with Crippen molar-refractivity contribution >= 4 is 0 Å². The highest BCUT2D eigenvalue weighted by molar-refractivity contribution is 5.35. The summed E-state index contributed by atoms with van der Waals surface area (Å²) in [6, 6.07) is 7.01. The Morgan fingerprint density at radius 1 is 1.32 bits per heavy atom. The van der Waals surface area contributed by atoms with E-state index in [4.69, 9.17) is 5.73 Å². The molecule has 19 heavy (non-hydrogen) atoms. The molecule has 0 spiro atoms. The SMILES string of the molecule is CCCN(CC1CC1)C(CN)c1cccc(C)c1C. The highest BCUT2D eigenvalue weighted by Crippen LogP contribution is 2.33. The van der Waals surface area contributed by atoms with Gasteiger partial charge in [-0.2, -0.15) is 0 Å². The van der Waals surface area contributed by atoms with Crippen molar-refractivity contribution < 1.29 is 0 Å². The minimum atomic E-state index is 0.389. The van der Waals surface area contributed by atoms with Gasteiger partial charge in [-0.25, -0.2) is 0 Å². The van der Waals surface area contributed by atoms with Gasteiger partial charge in [0.15, 0.2) is 0 Å². The molecule has 0 bridgehead atoms. The Hall–Kier alpha value is -0.860. The normalized spacial score (nSPS) is 16.9. The molecule has 1 saturated carbocycles. The topological polar surface area (TPSA) is 29.3 Å². The fourth-order valence-corrected chi connectivity index (χ4v) is 2.90. The lowest BCUT2D eigenvalue weighted by molar-refractivity contribution is 0.192. The maximum atomic E-state index is 6.11. The monoisotopic (exact) mass is 260 g/mol. The molecule has 0 aromatic heterocycles. The lowest BCUT2D eigenvalue weighted by atomic mass is 9.96. The Labute approximate surface area is 118 Å². The van der Waals surface area contributed by atoms with Gasteiger partial charge in [-0.15, -0.1) is 0 Å². The highest BCUT2D eigenvalue weighted by atomic mass is 15.2. The van der Waals surface area contributed by atoms with Crippen molar-refractivity contribution in [3.8, 4) is 0 Å². The van der Waals surface area contributed by atoms with E-state index in [0.29, 0.717) is 6.04 Å². The first kappa shape index (κ1) is 14.5. The molecule has 1 aliphatic rings. The van der Waals surface area contributed by atoms with Gasteiger partial charge in [0, 0.05) is 19.1 Å². The van der Waals surface area contributed by atoms with Crippen molar-refractivity contribution in [2.45, 2.75) is 46.1 Å². The van der Waals surface area contributed by atoms with Crippen LogP contribution in [0, 0.1) is 19.8 Å². The molecule has 2 nitrogen and oxygen atoms in total. The van der Waals surface area contributed by atoms with Gasteiger partial charge in [0.2, 0.25) is 0 Å². The summed E-state index contributed by atoms with van der Waals surface area (Å²) in [6.07, 6.45) is 4.02. The van der Waals surface area contributed by atoms with Crippen molar-refractivity contribution in [1.82, 2.24) is 4.90 Å². The number of benzene rings is 1. The van der Waals surface area contributed by atoms with E-state index in [2.05, 4.69) is 43.9 Å². The molecule has 0 amide bonds. The van der Waals surface area contributed by atoms with Crippen molar-refractivity contribution in [3.63, 3.8) is 0 Å². The first-order chi connectivity index (χ1) is 9.17. The zero-order chi connectivity index (χ0) is 13.8. The summed E-state index contributed by atoms with van der Waals surface area (Å²) in [4.78, 5) is 2.61. The van der Waals surface area contributed by atoms with Crippen LogP contribution in [0.1, 0.15) is 48.9 Å². The van der Waals surface area contributed by atoms with Crippen LogP contribution < -0.4 is 5.73 Å². The molecule has 106 valence electrons. The minimum Gasteiger partial charge on any atom is -0.329 e. The van der Waals surface area contributed by atoms with E-state index >= 15 is 0 Å². The van der Waals surface area contributed by atoms with Crippen molar-refractivity contribution in [3.05, 3.63) is 34.9 Å². The van der Waals surface area contributed by atoms with E-state index < -0.39 is 0 Å². The van der Waals surface area contributed by atoms with Crippen LogP contribution in [0.3, 0.4) is 0 Å². The lowest BCUT2D eigenvalue weighted by Gasteiger charge is -2.32. The smallest absolute Gasteiger partial charge is 0.0473 e. The highest BCUT2D eigenvalue weighted by Gasteiger charge is 2.28. The van der Waals surface area contributed by atoms with E-state index in [1.165, 1.54) is 42.5 Å². The van der Waals surface area contributed by atoms with Gasteiger partial charge >= 0.3 is 0 Å². The van der Waals surface area contributed by atoms with Crippen molar-refractivity contribution in [2.75, 3.05) is 19.6 Å². The average Bonchev–Trinajstić information content (AvgIpc) is 3.19. The Kier molecular flexibility index (Phi) is 5.00. The van der Waals surface area contributed by atoms with Crippen molar-refractivity contribution in [1.29, 1.82) is 0 Å². The molecule has 0 heterocycles. The van der Waals surface area contributed by atoms with E-state index in [1.807, 2.05) is 0 Å². The van der Waals surface area contributed by atoms with Gasteiger partial charge in [-0.1, -0.05) is 25.1 Å². The van der Waals surface area contributed by atoms with Crippen LogP contribution in [0.25, 0.3) is 0 Å². The van der Waals surface area contributed by atoms with E-state index in [-0.39, 0.29) is 0 Å². The molecule has 2 rings (SSSR count). The molecule has 1 fully saturated rings. The molecule has 2 N–H and O–H groups in total. The maximum absolute atomic E-state index is 6.11. The molecule has 1 aromatic carbocycles. The summed E-state index contributed by atoms with van der Waals surface area (Å²) in [6.45, 7) is 9.79. The molecule has 1 aromatic rings. The van der Waals surface area contributed by atoms with Gasteiger partial charge in [0.25, 0.3) is 0 Å². The van der Waals surface area contributed by atoms with Crippen molar-refractivity contribution in [2.24, 2.45) is 11.7 Å². The van der Waals surface area contributed by atoms with Gasteiger partial charge in [0.05, 0.1) is 0 Å². The predicted molar refractivity (Wildman–Crippen MR) is 82.3 cm³/mol. The second-order valence-corrected chi connectivity index (χ2v) is 5.98. The first-order valence-corrected chi connectivity index (χ1v) is 7.67. The maximum Gasteiger partial charge on any atom is 0.0473 e. The second kappa shape index (κ2) is 6.53. The summed E-state index contributed by atoms with van der Waals surface area (Å²) < 4.78 is 0. The lowest BCUT2D eigenvalue weighted by Crippen LogP contribution is -2.36. The molecule has 0 aliphatic heterocycles. The van der Waals surface area contributed by atoms with Crippen LogP contribution in [0.2, 0.25) is 0 Å². The average molecular weight is 260 g/mol. The van der Waals surface area contributed by atoms with Crippen LogP contribution in [0.15, 0.2) is 18.2 Å². The van der Waals surface area contributed by atoms with E-state index in [1.54, 1.807) is 0 Å². The third kappa shape index (κ3) is 3.58. The number of nitrogens with zero attached hydrogens (tertiary/aromatic N) is 1. The Morgan fingerprint density at radius 3 is 2.63 bits per heavy atom. The molecule has 0 radical (unpaired) electrons. The number of aryl methyl sites for hydroxylation is 1. The molecule has 0 saturated heterocycles. The number of hydrogen-bond donors (Lipinski definition) is 1. The fourth-order valence-electron chi connectivity index (χ4n) is 2.90. The minimum absolute atomic E-state index is 0.389. The Morgan fingerprint density at radius 2 is 2.05 bits per heavy atom.